The lowest BCUT2D eigenvalue weighted by Gasteiger charge is -2.21. The third-order valence-electron chi connectivity index (χ3n) is 5.72. The molecule has 1 aliphatic heterocycles. The van der Waals surface area contributed by atoms with Crippen LogP contribution in [-0.2, 0) is 4.79 Å². The van der Waals surface area contributed by atoms with Gasteiger partial charge in [0.25, 0.3) is 5.91 Å². The maximum absolute atomic E-state index is 13.6. The van der Waals surface area contributed by atoms with E-state index in [-0.39, 0.29) is 5.91 Å². The van der Waals surface area contributed by atoms with Gasteiger partial charge in [-0.25, -0.2) is 0 Å². The van der Waals surface area contributed by atoms with Gasteiger partial charge >= 0.3 is 0 Å². The first-order valence-corrected chi connectivity index (χ1v) is 12.0. The van der Waals surface area contributed by atoms with Gasteiger partial charge in [-0.1, -0.05) is 59.6 Å². The highest BCUT2D eigenvalue weighted by Crippen LogP contribution is 2.37. The second kappa shape index (κ2) is 10.3. The Balaban J connectivity index is 1.47. The third kappa shape index (κ3) is 5.01. The van der Waals surface area contributed by atoms with Gasteiger partial charge < -0.3 is 9.47 Å². The molecule has 0 fully saturated rings. The molecule has 0 saturated carbocycles. The Hall–Kier alpha value is -3.99. The molecule has 178 valence electrons. The number of anilines is 1. The van der Waals surface area contributed by atoms with Crippen molar-refractivity contribution in [3.63, 3.8) is 0 Å². The first kappa shape index (κ1) is 23.7. The zero-order valence-electron chi connectivity index (χ0n) is 19.3. The van der Waals surface area contributed by atoms with E-state index in [9.17, 15) is 4.79 Å². The van der Waals surface area contributed by atoms with Gasteiger partial charge in [-0.3, -0.25) is 9.69 Å². The summed E-state index contributed by atoms with van der Waals surface area (Å²) in [5.41, 5.74) is 3.67. The zero-order valence-corrected chi connectivity index (χ0v) is 20.8. The Morgan fingerprint density at radius 1 is 0.778 bits per heavy atom. The molecule has 36 heavy (non-hydrogen) atoms. The van der Waals surface area contributed by atoms with Gasteiger partial charge in [0.1, 0.15) is 17.2 Å². The molecule has 0 N–H and O–H groups in total. The molecular weight excluding hydrogens is 493 g/mol. The molecule has 0 atom stereocenters. The number of amides is 1. The highest BCUT2D eigenvalue weighted by atomic mass is 35.5. The Morgan fingerprint density at radius 3 is 2.06 bits per heavy atom. The lowest BCUT2D eigenvalue weighted by Crippen LogP contribution is -2.24. The van der Waals surface area contributed by atoms with Crippen molar-refractivity contribution in [2.45, 2.75) is 0 Å². The summed E-state index contributed by atoms with van der Waals surface area (Å²) >= 11 is 12.4. The summed E-state index contributed by atoms with van der Waals surface area (Å²) < 4.78 is 11.1. The lowest BCUT2D eigenvalue weighted by atomic mass is 10.1. The fourth-order valence-electron chi connectivity index (χ4n) is 3.92. The van der Waals surface area contributed by atoms with Crippen molar-refractivity contribution in [2.24, 2.45) is 0 Å². The summed E-state index contributed by atoms with van der Waals surface area (Å²) in [5, 5.41) is 1.02. The minimum atomic E-state index is -0.149. The molecule has 0 saturated heterocycles. The Bertz CT molecular complexity index is 1460. The average Bonchev–Trinajstić information content (AvgIpc) is 3.23. The van der Waals surface area contributed by atoms with Gasteiger partial charge in [0, 0.05) is 21.3 Å². The minimum absolute atomic E-state index is 0.149. The van der Waals surface area contributed by atoms with Crippen molar-refractivity contribution in [3.8, 4) is 17.2 Å². The number of methoxy groups -OCH3 is 1. The molecule has 1 amide bonds. The number of nitrogens with zero attached hydrogens (tertiary/aromatic N) is 1. The largest absolute Gasteiger partial charge is 0.497 e. The van der Waals surface area contributed by atoms with Crippen LogP contribution in [0.5, 0.6) is 17.2 Å². The average molecular weight is 514 g/mol. The number of halogens is 2. The maximum atomic E-state index is 13.6. The van der Waals surface area contributed by atoms with E-state index in [0.717, 1.165) is 28.3 Å². The number of benzene rings is 4. The van der Waals surface area contributed by atoms with E-state index in [1.54, 1.807) is 36.3 Å². The van der Waals surface area contributed by atoms with Crippen LogP contribution in [0.1, 0.15) is 11.1 Å². The molecule has 1 aliphatic rings. The van der Waals surface area contributed by atoms with Gasteiger partial charge in [-0.15, -0.1) is 0 Å². The first-order chi connectivity index (χ1) is 17.5. The highest BCUT2D eigenvalue weighted by Gasteiger charge is 2.30. The van der Waals surface area contributed by atoms with E-state index in [2.05, 4.69) is 0 Å². The standard InChI is InChI=1S/C30H21Cl2NO3/c1-35-25-13-15-27(16-14-25)36-26-11-9-24(10-12-26)33-29(20-5-3-2-4-6-20)18-22(30(33)34)17-21-7-8-23(31)19-28(21)32/h2-19H,1H3/b22-17+. The fraction of sp³-hybridized carbons (Fsp3) is 0.0333. The van der Waals surface area contributed by atoms with Crippen molar-refractivity contribution in [1.29, 1.82) is 0 Å². The molecule has 4 aromatic carbocycles. The summed E-state index contributed by atoms with van der Waals surface area (Å²) in [5.74, 6) is 1.96. The number of carbonyl (C=O) groups excluding carboxylic acids is 1. The van der Waals surface area contributed by atoms with Gasteiger partial charge in [0.15, 0.2) is 0 Å². The van der Waals surface area contributed by atoms with Crippen molar-refractivity contribution in [3.05, 3.63) is 130 Å². The predicted octanol–water partition coefficient (Wildman–Crippen LogP) is 8.27. The van der Waals surface area contributed by atoms with Gasteiger partial charge in [0.05, 0.1) is 12.8 Å². The Morgan fingerprint density at radius 2 is 1.42 bits per heavy atom. The van der Waals surface area contributed by atoms with Crippen molar-refractivity contribution >= 4 is 46.6 Å². The monoisotopic (exact) mass is 513 g/mol. The summed E-state index contributed by atoms with van der Waals surface area (Å²) in [6.07, 6.45) is 3.66. The van der Waals surface area contributed by atoms with Crippen LogP contribution in [0.2, 0.25) is 10.0 Å². The van der Waals surface area contributed by atoms with Crippen LogP contribution in [-0.4, -0.2) is 13.0 Å². The topological polar surface area (TPSA) is 38.8 Å². The van der Waals surface area contributed by atoms with Crippen LogP contribution in [0.25, 0.3) is 11.8 Å². The lowest BCUT2D eigenvalue weighted by molar-refractivity contribution is -0.113. The highest BCUT2D eigenvalue weighted by molar-refractivity contribution is 6.35. The van der Waals surface area contributed by atoms with Crippen molar-refractivity contribution in [1.82, 2.24) is 0 Å². The first-order valence-electron chi connectivity index (χ1n) is 11.2. The number of carbonyl (C=O) groups is 1. The molecule has 5 rings (SSSR count). The van der Waals surface area contributed by atoms with Crippen LogP contribution in [0.3, 0.4) is 0 Å². The number of ether oxygens (including phenoxy) is 2. The van der Waals surface area contributed by atoms with Gasteiger partial charge in [-0.05, 0) is 83.9 Å². The zero-order chi connectivity index (χ0) is 25.1. The molecule has 6 heteroatoms. The van der Waals surface area contributed by atoms with Gasteiger partial charge in [-0.2, -0.15) is 0 Å². The van der Waals surface area contributed by atoms with E-state index in [1.807, 2.05) is 84.9 Å². The fourth-order valence-corrected chi connectivity index (χ4v) is 4.39. The second-order valence-electron chi connectivity index (χ2n) is 8.07. The quantitative estimate of drug-likeness (QED) is 0.243. The SMILES string of the molecule is COc1ccc(Oc2ccc(N3C(=O)/C(=C/c4ccc(Cl)cc4Cl)C=C3c3ccccc3)cc2)cc1. The molecule has 4 aromatic rings. The molecule has 0 aliphatic carbocycles. The number of hydrogen-bond donors (Lipinski definition) is 0. The van der Waals surface area contributed by atoms with Crippen LogP contribution in [0, 0.1) is 0 Å². The van der Waals surface area contributed by atoms with Crippen LogP contribution in [0.15, 0.2) is 109 Å². The Kier molecular flexibility index (Phi) is 6.81. The summed E-state index contributed by atoms with van der Waals surface area (Å²) in [4.78, 5) is 15.3. The summed E-state index contributed by atoms with van der Waals surface area (Å²) in [6, 6.07) is 29.8. The number of rotatable bonds is 6. The van der Waals surface area contributed by atoms with Crippen LogP contribution < -0.4 is 14.4 Å². The molecule has 0 aromatic heterocycles. The molecule has 0 bridgehead atoms. The molecule has 0 unspecified atom stereocenters. The van der Waals surface area contributed by atoms with Gasteiger partial charge in [0.2, 0.25) is 0 Å². The summed E-state index contributed by atoms with van der Waals surface area (Å²) in [6.45, 7) is 0. The van der Waals surface area contributed by atoms with Crippen LogP contribution in [0.4, 0.5) is 5.69 Å². The van der Waals surface area contributed by atoms with E-state index in [0.29, 0.717) is 27.1 Å². The molecule has 0 spiro atoms. The van der Waals surface area contributed by atoms with Crippen molar-refractivity contribution < 1.29 is 14.3 Å². The van der Waals surface area contributed by atoms with E-state index in [4.69, 9.17) is 32.7 Å². The van der Waals surface area contributed by atoms with E-state index >= 15 is 0 Å². The van der Waals surface area contributed by atoms with Crippen LogP contribution >= 0.6 is 23.2 Å². The summed E-state index contributed by atoms with van der Waals surface area (Å²) in [7, 11) is 1.62. The van der Waals surface area contributed by atoms with E-state index in [1.165, 1.54) is 0 Å². The molecule has 0 radical (unpaired) electrons. The molecule has 4 nitrogen and oxygen atoms in total. The smallest absolute Gasteiger partial charge is 0.262 e. The molecule has 1 heterocycles. The molecular formula is C30H21Cl2NO3. The van der Waals surface area contributed by atoms with E-state index < -0.39 is 0 Å². The normalized spacial score (nSPS) is 14.2. The third-order valence-corrected chi connectivity index (χ3v) is 6.28. The number of hydrogen-bond acceptors (Lipinski definition) is 3. The minimum Gasteiger partial charge on any atom is -0.497 e. The second-order valence-corrected chi connectivity index (χ2v) is 8.92. The Labute approximate surface area is 219 Å². The maximum Gasteiger partial charge on any atom is 0.262 e. The van der Waals surface area contributed by atoms with Crippen molar-refractivity contribution in [2.75, 3.05) is 12.0 Å². The predicted molar refractivity (Wildman–Crippen MR) is 146 cm³/mol.